The minimum absolute atomic E-state index is 0.295. The van der Waals surface area contributed by atoms with Gasteiger partial charge in [-0.1, -0.05) is 6.07 Å². The fraction of sp³-hybridized carbons (Fsp3) is 0.0667. The zero-order valence-electron chi connectivity index (χ0n) is 10.2. The number of hydrogen-bond acceptors (Lipinski definition) is 2. The quantitative estimate of drug-likeness (QED) is 0.660. The van der Waals surface area contributed by atoms with Gasteiger partial charge in [-0.15, -0.1) is 0 Å². The molecule has 0 atom stereocenters. The maximum Gasteiger partial charge on any atom is 0.135 e. The second-order valence-corrected chi connectivity index (χ2v) is 4.32. The number of rotatable bonds is 1. The number of hydrogen-bond donors (Lipinski definition) is 0. The van der Waals surface area contributed by atoms with Crippen LogP contribution in [-0.4, -0.2) is 9.97 Å². The third-order valence-electron chi connectivity index (χ3n) is 2.95. The van der Waals surface area contributed by atoms with Gasteiger partial charge in [-0.05, 0) is 30.7 Å². The fourth-order valence-corrected chi connectivity index (χ4v) is 2.06. The van der Waals surface area contributed by atoms with E-state index >= 15 is 0 Å². The minimum Gasteiger partial charge on any atom is -0.255 e. The van der Waals surface area contributed by atoms with Crippen LogP contribution in [0.3, 0.4) is 0 Å². The van der Waals surface area contributed by atoms with E-state index in [1.54, 1.807) is 18.3 Å². The summed E-state index contributed by atoms with van der Waals surface area (Å²) in [5.74, 6) is -1.23. The van der Waals surface area contributed by atoms with Crippen LogP contribution in [0.5, 0.6) is 0 Å². The molecule has 4 heteroatoms. The second-order valence-electron chi connectivity index (χ2n) is 4.32. The molecule has 2 aromatic heterocycles. The van der Waals surface area contributed by atoms with Gasteiger partial charge in [0.1, 0.15) is 11.6 Å². The van der Waals surface area contributed by atoms with Crippen molar-refractivity contribution in [1.82, 2.24) is 9.97 Å². The molecular weight excluding hydrogens is 246 g/mol. The first-order chi connectivity index (χ1) is 9.15. The van der Waals surface area contributed by atoms with Crippen LogP contribution >= 0.6 is 0 Å². The number of aryl methyl sites for hydroxylation is 1. The van der Waals surface area contributed by atoms with Gasteiger partial charge in [0.25, 0.3) is 0 Å². The van der Waals surface area contributed by atoms with Gasteiger partial charge in [0.15, 0.2) is 0 Å². The summed E-state index contributed by atoms with van der Waals surface area (Å²) in [5, 5.41) is 0.318. The molecule has 2 nitrogen and oxygen atoms in total. The molecule has 0 spiro atoms. The van der Waals surface area contributed by atoms with Gasteiger partial charge in [-0.2, -0.15) is 0 Å². The number of aromatic nitrogens is 2. The summed E-state index contributed by atoms with van der Waals surface area (Å²) in [7, 11) is 0. The van der Waals surface area contributed by atoms with E-state index in [0.717, 1.165) is 11.6 Å². The Morgan fingerprint density at radius 3 is 2.63 bits per heavy atom. The van der Waals surface area contributed by atoms with Gasteiger partial charge in [0, 0.05) is 23.7 Å². The lowest BCUT2D eigenvalue weighted by Gasteiger charge is -2.07. The fourth-order valence-electron chi connectivity index (χ4n) is 2.06. The van der Waals surface area contributed by atoms with Gasteiger partial charge in [0.05, 0.1) is 16.9 Å². The normalized spacial score (nSPS) is 10.9. The van der Waals surface area contributed by atoms with Crippen molar-refractivity contribution in [1.29, 1.82) is 0 Å². The van der Waals surface area contributed by atoms with Gasteiger partial charge < -0.3 is 0 Å². The van der Waals surface area contributed by atoms with Crippen molar-refractivity contribution < 1.29 is 8.78 Å². The maximum atomic E-state index is 13.7. The first-order valence-electron chi connectivity index (χ1n) is 5.83. The van der Waals surface area contributed by atoms with Crippen LogP contribution in [0, 0.1) is 18.6 Å². The standard InChI is InChI=1S/C15H10F2N2/c1-9-6-11-12(17)7-10(16)8-14(11)19-15(9)13-4-2-3-5-18-13/h2-8H,1H3. The van der Waals surface area contributed by atoms with Crippen molar-refractivity contribution in [2.45, 2.75) is 6.92 Å². The second kappa shape index (κ2) is 4.39. The van der Waals surface area contributed by atoms with E-state index in [4.69, 9.17) is 0 Å². The molecule has 0 radical (unpaired) electrons. The van der Waals surface area contributed by atoms with Crippen LogP contribution in [0.2, 0.25) is 0 Å². The van der Waals surface area contributed by atoms with E-state index in [0.29, 0.717) is 22.3 Å². The molecule has 3 rings (SSSR count). The Morgan fingerprint density at radius 2 is 1.89 bits per heavy atom. The van der Waals surface area contributed by atoms with Crippen molar-refractivity contribution in [3.8, 4) is 11.4 Å². The summed E-state index contributed by atoms with van der Waals surface area (Å²) in [6, 6.07) is 9.23. The lowest BCUT2D eigenvalue weighted by atomic mass is 10.1. The van der Waals surface area contributed by atoms with Crippen LogP contribution in [-0.2, 0) is 0 Å². The molecule has 0 aliphatic rings. The van der Waals surface area contributed by atoms with Crippen molar-refractivity contribution in [2.24, 2.45) is 0 Å². The molecule has 0 fully saturated rings. The molecule has 0 saturated heterocycles. The molecule has 19 heavy (non-hydrogen) atoms. The van der Waals surface area contributed by atoms with Crippen LogP contribution in [0.15, 0.2) is 42.6 Å². The largest absolute Gasteiger partial charge is 0.255 e. The van der Waals surface area contributed by atoms with Gasteiger partial charge in [-0.3, -0.25) is 4.98 Å². The minimum atomic E-state index is -0.631. The summed E-state index contributed by atoms with van der Waals surface area (Å²) in [5.41, 5.74) is 2.42. The van der Waals surface area contributed by atoms with Crippen molar-refractivity contribution in [2.75, 3.05) is 0 Å². The Hall–Kier alpha value is -2.36. The monoisotopic (exact) mass is 256 g/mol. The molecule has 0 bridgehead atoms. The highest BCUT2D eigenvalue weighted by Crippen LogP contribution is 2.25. The molecule has 1 aromatic carbocycles. The first-order valence-corrected chi connectivity index (χ1v) is 5.83. The van der Waals surface area contributed by atoms with Crippen LogP contribution in [0.25, 0.3) is 22.3 Å². The van der Waals surface area contributed by atoms with Gasteiger partial charge >= 0.3 is 0 Å². The Balaban J connectivity index is 2.31. The molecule has 0 unspecified atom stereocenters. The lowest BCUT2D eigenvalue weighted by molar-refractivity contribution is 0.591. The first kappa shape index (κ1) is 11.7. The highest BCUT2D eigenvalue weighted by Gasteiger charge is 2.11. The maximum absolute atomic E-state index is 13.7. The predicted molar refractivity (Wildman–Crippen MR) is 69.6 cm³/mol. The van der Waals surface area contributed by atoms with E-state index in [2.05, 4.69) is 9.97 Å². The smallest absolute Gasteiger partial charge is 0.135 e. The van der Waals surface area contributed by atoms with Crippen LogP contribution < -0.4 is 0 Å². The average Bonchev–Trinajstić information content (AvgIpc) is 2.40. The molecule has 0 aliphatic carbocycles. The highest BCUT2D eigenvalue weighted by molar-refractivity contribution is 5.83. The van der Waals surface area contributed by atoms with E-state index in [1.165, 1.54) is 6.07 Å². The summed E-state index contributed by atoms with van der Waals surface area (Å²) in [6.45, 7) is 1.83. The average molecular weight is 256 g/mol. The van der Waals surface area contributed by atoms with E-state index in [9.17, 15) is 8.78 Å². The van der Waals surface area contributed by atoms with Crippen LogP contribution in [0.1, 0.15) is 5.56 Å². The molecule has 0 aliphatic heterocycles. The summed E-state index contributed by atoms with van der Waals surface area (Å²) in [4.78, 5) is 8.54. The van der Waals surface area contributed by atoms with Crippen molar-refractivity contribution >= 4 is 10.9 Å². The highest BCUT2D eigenvalue weighted by atomic mass is 19.1. The number of pyridine rings is 2. The van der Waals surface area contributed by atoms with E-state index in [-0.39, 0.29) is 0 Å². The molecule has 0 saturated carbocycles. The predicted octanol–water partition coefficient (Wildman–Crippen LogP) is 3.88. The number of nitrogens with zero attached hydrogens (tertiary/aromatic N) is 2. The lowest BCUT2D eigenvalue weighted by Crippen LogP contribution is -1.94. The molecule has 0 N–H and O–H groups in total. The molecule has 3 aromatic rings. The molecule has 0 amide bonds. The number of halogens is 2. The third-order valence-corrected chi connectivity index (χ3v) is 2.95. The zero-order valence-corrected chi connectivity index (χ0v) is 10.2. The summed E-state index contributed by atoms with van der Waals surface area (Å²) < 4.78 is 26.9. The third kappa shape index (κ3) is 2.05. The van der Waals surface area contributed by atoms with E-state index < -0.39 is 11.6 Å². The summed E-state index contributed by atoms with van der Waals surface area (Å²) in [6.07, 6.45) is 1.66. The number of benzene rings is 1. The van der Waals surface area contributed by atoms with Gasteiger partial charge in [-0.25, -0.2) is 13.8 Å². The molecular formula is C15H10F2N2. The Labute approximate surface area is 108 Å². The number of fused-ring (bicyclic) bond motifs is 1. The Bertz CT molecular complexity index is 755. The van der Waals surface area contributed by atoms with Crippen LogP contribution in [0.4, 0.5) is 8.78 Å². The Morgan fingerprint density at radius 1 is 1.05 bits per heavy atom. The van der Waals surface area contributed by atoms with E-state index in [1.807, 2.05) is 19.1 Å². The van der Waals surface area contributed by atoms with Crippen molar-refractivity contribution in [3.63, 3.8) is 0 Å². The molecule has 2 heterocycles. The SMILES string of the molecule is Cc1cc2c(F)cc(F)cc2nc1-c1ccccn1. The topological polar surface area (TPSA) is 25.8 Å². The van der Waals surface area contributed by atoms with Gasteiger partial charge in [0.2, 0.25) is 0 Å². The van der Waals surface area contributed by atoms with Crippen molar-refractivity contribution in [3.05, 3.63) is 59.8 Å². The molecule has 94 valence electrons. The zero-order chi connectivity index (χ0) is 13.4. The summed E-state index contributed by atoms with van der Waals surface area (Å²) >= 11 is 0. The Kier molecular flexibility index (Phi) is 2.71.